The fourth-order valence-electron chi connectivity index (χ4n) is 3.49. The Labute approximate surface area is 198 Å². The molecule has 1 amide bonds. The number of hydroxylamine groups is 2. The Balaban J connectivity index is 1.44. The molecule has 0 aromatic carbocycles. The van der Waals surface area contributed by atoms with Gasteiger partial charge in [-0.1, -0.05) is 0 Å². The monoisotopic (exact) mass is 495 g/mol. The van der Waals surface area contributed by atoms with E-state index in [1.807, 2.05) is 11.0 Å². The molecule has 3 rings (SSSR count). The summed E-state index contributed by atoms with van der Waals surface area (Å²) in [7, 11) is 1.55. The highest BCUT2D eigenvalue weighted by Crippen LogP contribution is 2.31. The first-order chi connectivity index (χ1) is 16.6. The lowest BCUT2D eigenvalue weighted by Crippen LogP contribution is -2.50. The van der Waals surface area contributed by atoms with E-state index < -0.39 is 29.0 Å². The van der Waals surface area contributed by atoms with E-state index in [9.17, 15) is 22.8 Å². The average Bonchev–Trinajstić information content (AvgIpc) is 2.82. The van der Waals surface area contributed by atoms with Crippen molar-refractivity contribution < 1.29 is 22.8 Å². The Morgan fingerprint density at radius 3 is 2.54 bits per heavy atom. The number of nitriles is 1. The molecule has 1 atom stereocenters. The molecule has 1 aliphatic rings. The van der Waals surface area contributed by atoms with E-state index in [1.165, 1.54) is 17.5 Å². The number of amides is 1. The number of carbonyl (C=O) groups is 1. The van der Waals surface area contributed by atoms with Crippen LogP contribution in [0.3, 0.4) is 0 Å². The van der Waals surface area contributed by atoms with Gasteiger partial charge < -0.3 is 15.1 Å². The topological polar surface area (TPSA) is 143 Å². The maximum atomic E-state index is 13.2. The van der Waals surface area contributed by atoms with Crippen LogP contribution in [0.5, 0.6) is 0 Å². The summed E-state index contributed by atoms with van der Waals surface area (Å²) in [5, 5.41) is 18.0. The van der Waals surface area contributed by atoms with Gasteiger partial charge in [-0.3, -0.25) is 14.4 Å². The Morgan fingerprint density at radius 1 is 1.29 bits per heavy atom. The van der Waals surface area contributed by atoms with Crippen molar-refractivity contribution in [2.75, 3.05) is 56.6 Å². The van der Waals surface area contributed by atoms with Gasteiger partial charge in [-0.05, 0) is 6.92 Å². The van der Waals surface area contributed by atoms with E-state index in [0.29, 0.717) is 37.7 Å². The van der Waals surface area contributed by atoms with Gasteiger partial charge in [0.2, 0.25) is 5.95 Å². The van der Waals surface area contributed by atoms with Crippen LogP contribution in [0.25, 0.3) is 0 Å². The molecule has 1 aliphatic heterocycles. The molecule has 0 aliphatic carbocycles. The van der Waals surface area contributed by atoms with Crippen LogP contribution < -0.4 is 15.8 Å². The molecule has 1 unspecified atom stereocenters. The Bertz CT molecular complexity index is 1110. The van der Waals surface area contributed by atoms with Crippen LogP contribution in [0, 0.1) is 11.3 Å². The van der Waals surface area contributed by atoms with E-state index in [1.54, 1.807) is 24.0 Å². The van der Waals surface area contributed by atoms with Crippen molar-refractivity contribution in [2.24, 2.45) is 0 Å². The summed E-state index contributed by atoms with van der Waals surface area (Å²) in [6, 6.07) is 1.40. The Hall–Kier alpha value is -3.77. The molecule has 188 valence electrons. The minimum atomic E-state index is -4.84. The molecular weight excluding hydrogens is 471 g/mol. The first-order valence-corrected chi connectivity index (χ1v) is 10.6. The largest absolute Gasteiger partial charge is 0.423 e. The summed E-state index contributed by atoms with van der Waals surface area (Å²) in [6.07, 6.45) is -1.07. The van der Waals surface area contributed by atoms with Gasteiger partial charge in [0.25, 0.3) is 11.5 Å². The summed E-state index contributed by atoms with van der Waals surface area (Å²) < 4.78 is 39.5. The first-order valence-electron chi connectivity index (χ1n) is 10.6. The van der Waals surface area contributed by atoms with Gasteiger partial charge in [-0.2, -0.15) is 28.6 Å². The number of anilines is 2. The maximum absolute atomic E-state index is 13.2. The number of likely N-dealkylation sites (N-methyl/N-ethyl adjacent to an activating group) is 1. The van der Waals surface area contributed by atoms with Crippen molar-refractivity contribution in [3.63, 3.8) is 0 Å². The van der Waals surface area contributed by atoms with Crippen molar-refractivity contribution in [2.45, 2.75) is 19.1 Å². The predicted molar refractivity (Wildman–Crippen MR) is 117 cm³/mol. The highest BCUT2D eigenvalue weighted by molar-refractivity contribution is 5.77. The van der Waals surface area contributed by atoms with Gasteiger partial charge >= 0.3 is 6.18 Å². The summed E-state index contributed by atoms with van der Waals surface area (Å²) in [6.45, 7) is 3.39. The predicted octanol–water partition coefficient (Wildman–Crippen LogP) is 0.463. The molecule has 2 N–H and O–H groups in total. The second kappa shape index (κ2) is 11.1. The van der Waals surface area contributed by atoms with Crippen LogP contribution in [-0.2, 0) is 15.8 Å². The molecule has 12 nitrogen and oxygen atoms in total. The molecule has 35 heavy (non-hydrogen) atoms. The average molecular weight is 495 g/mol. The van der Waals surface area contributed by atoms with Crippen molar-refractivity contribution in [1.29, 1.82) is 5.26 Å². The summed E-state index contributed by atoms with van der Waals surface area (Å²) >= 11 is 0. The minimum absolute atomic E-state index is 0.126. The summed E-state index contributed by atoms with van der Waals surface area (Å²) in [5.41, 5.74) is -2.77. The molecule has 15 heteroatoms. The summed E-state index contributed by atoms with van der Waals surface area (Å²) in [4.78, 5) is 41.4. The number of piperazine rings is 1. The van der Waals surface area contributed by atoms with Gasteiger partial charge in [0, 0.05) is 45.8 Å². The van der Waals surface area contributed by atoms with Gasteiger partial charge in [-0.15, -0.1) is 0 Å². The number of H-pyrrole nitrogens is 1. The van der Waals surface area contributed by atoms with E-state index >= 15 is 0 Å². The molecule has 2 aromatic rings. The number of alkyl halides is 3. The molecule has 2 aromatic heterocycles. The quantitative estimate of drug-likeness (QED) is 0.496. The number of rotatable bonds is 8. The number of hydrogen-bond donors (Lipinski definition) is 2. The zero-order chi connectivity index (χ0) is 25.6. The first kappa shape index (κ1) is 25.8. The number of aromatic amines is 1. The Morgan fingerprint density at radius 2 is 1.94 bits per heavy atom. The molecule has 1 saturated heterocycles. The normalized spacial score (nSPS) is 15.1. The number of nitrogens with zero attached hydrogens (tertiary/aromatic N) is 7. The molecule has 0 saturated carbocycles. The molecule has 3 heterocycles. The molecule has 0 radical (unpaired) electrons. The number of nitrogens with one attached hydrogen (secondary N) is 2. The Kier molecular flexibility index (Phi) is 8.20. The van der Waals surface area contributed by atoms with Crippen LogP contribution in [0.1, 0.15) is 18.1 Å². The minimum Gasteiger partial charge on any atom is -0.379 e. The number of halogens is 3. The van der Waals surface area contributed by atoms with Crippen LogP contribution >= 0.6 is 0 Å². The molecular formula is C20H24F3N9O3. The molecule has 0 spiro atoms. The molecule has 1 fully saturated rings. The lowest BCUT2D eigenvalue weighted by atomic mass is 10.2. The summed E-state index contributed by atoms with van der Waals surface area (Å²) in [5.74, 6) is 0.244. The van der Waals surface area contributed by atoms with Gasteiger partial charge in [0.15, 0.2) is 0 Å². The van der Waals surface area contributed by atoms with Gasteiger partial charge in [0.1, 0.15) is 18.2 Å². The standard InChI is InChI=1S/C20H24F3N9O3/c1-13(28-15-10-27-29-18(34)17(15)20(21,22)23)11-30(2)35-12-16(33)31-3-5-32(6-4-31)19-25-8-14(7-24)9-26-19/h8-10,13H,3-6,11-12H2,1-2H3,(H2,28,29,34). The van der Waals surface area contributed by atoms with Crippen LogP contribution in [0.2, 0.25) is 0 Å². The number of hydrogen-bond acceptors (Lipinski definition) is 10. The lowest BCUT2D eigenvalue weighted by Gasteiger charge is -2.35. The van der Waals surface area contributed by atoms with E-state index in [2.05, 4.69) is 20.4 Å². The zero-order valence-electron chi connectivity index (χ0n) is 19.0. The second-order valence-electron chi connectivity index (χ2n) is 7.87. The van der Waals surface area contributed by atoms with Crippen LogP contribution in [-0.4, -0.2) is 88.5 Å². The number of aromatic nitrogens is 4. The maximum Gasteiger partial charge on any atom is 0.423 e. The highest BCUT2D eigenvalue weighted by Gasteiger charge is 2.37. The smallest absolute Gasteiger partial charge is 0.379 e. The van der Waals surface area contributed by atoms with Gasteiger partial charge in [-0.25, -0.2) is 15.1 Å². The molecule has 0 bridgehead atoms. The fourth-order valence-corrected chi connectivity index (χ4v) is 3.49. The van der Waals surface area contributed by atoms with E-state index in [0.717, 1.165) is 6.20 Å². The number of carbonyl (C=O) groups excluding carboxylic acids is 1. The SMILES string of the molecule is CC(CN(C)OCC(=O)N1CCN(c2ncc(C#N)cn2)CC1)Nc1cn[nH]c(=O)c1C(F)(F)F. The third-order valence-electron chi connectivity index (χ3n) is 5.16. The van der Waals surface area contributed by atoms with Crippen LogP contribution in [0.4, 0.5) is 24.8 Å². The fraction of sp³-hybridized carbons (Fsp3) is 0.500. The third-order valence-corrected chi connectivity index (χ3v) is 5.16. The van der Waals surface area contributed by atoms with E-state index in [-0.39, 0.29) is 19.1 Å². The van der Waals surface area contributed by atoms with Crippen molar-refractivity contribution in [3.8, 4) is 6.07 Å². The van der Waals surface area contributed by atoms with Crippen molar-refractivity contribution >= 4 is 17.5 Å². The second-order valence-corrected chi connectivity index (χ2v) is 7.87. The zero-order valence-corrected chi connectivity index (χ0v) is 19.0. The van der Waals surface area contributed by atoms with Gasteiger partial charge in [0.05, 0.1) is 29.8 Å². The lowest BCUT2D eigenvalue weighted by molar-refractivity contribution is -0.167. The van der Waals surface area contributed by atoms with Crippen molar-refractivity contribution in [3.05, 3.63) is 40.1 Å². The van der Waals surface area contributed by atoms with E-state index in [4.69, 9.17) is 10.1 Å². The highest BCUT2D eigenvalue weighted by atomic mass is 19.4. The van der Waals surface area contributed by atoms with Crippen molar-refractivity contribution in [1.82, 2.24) is 30.1 Å². The third kappa shape index (κ3) is 6.87. The van der Waals surface area contributed by atoms with Crippen LogP contribution in [0.15, 0.2) is 23.4 Å².